The molecule has 1 amide bonds. The molecule has 0 fully saturated rings. The Morgan fingerprint density at radius 1 is 1.48 bits per heavy atom. The number of nitro benzene ring substituents is 1. The highest BCUT2D eigenvalue weighted by Gasteiger charge is 2.19. The summed E-state index contributed by atoms with van der Waals surface area (Å²) >= 11 is 4.57. The van der Waals surface area contributed by atoms with Crippen LogP contribution in [0.5, 0.6) is 0 Å². The Balaban J connectivity index is 2.33. The van der Waals surface area contributed by atoms with Gasteiger partial charge in [-0.15, -0.1) is 11.3 Å². The van der Waals surface area contributed by atoms with E-state index in [9.17, 15) is 14.9 Å². The highest BCUT2D eigenvalue weighted by molar-refractivity contribution is 9.11. The van der Waals surface area contributed by atoms with Crippen molar-refractivity contribution in [3.63, 3.8) is 0 Å². The summed E-state index contributed by atoms with van der Waals surface area (Å²) in [6, 6.07) is 7.41. The molecule has 0 saturated carbocycles. The number of rotatable bonds is 3. The Labute approximate surface area is 132 Å². The number of amides is 1. The second-order valence-electron chi connectivity index (χ2n) is 4.12. The van der Waals surface area contributed by atoms with Crippen molar-refractivity contribution in [2.75, 3.05) is 5.32 Å². The zero-order valence-corrected chi connectivity index (χ0v) is 13.1. The number of nitrogens with zero attached hydrogens (tertiary/aromatic N) is 2. The molecule has 6 nitrogen and oxygen atoms in total. The standard InChI is InChI=1S/C13H8BrN3O3S/c1-7-4-11(21-12(7)14)13(18)16-9-3-2-8(6-15)5-10(9)17(19)20/h2-5H,1H3,(H,16,18). The first-order valence-corrected chi connectivity index (χ1v) is 7.29. The molecule has 1 N–H and O–H groups in total. The van der Waals surface area contributed by atoms with Crippen LogP contribution in [0.4, 0.5) is 11.4 Å². The van der Waals surface area contributed by atoms with Crippen LogP contribution in [0.1, 0.15) is 20.8 Å². The van der Waals surface area contributed by atoms with Gasteiger partial charge in [0.05, 0.1) is 25.2 Å². The Morgan fingerprint density at radius 2 is 2.19 bits per heavy atom. The van der Waals surface area contributed by atoms with Crippen LogP contribution >= 0.6 is 27.3 Å². The predicted molar refractivity (Wildman–Crippen MR) is 82.5 cm³/mol. The lowest BCUT2D eigenvalue weighted by Gasteiger charge is -2.04. The van der Waals surface area contributed by atoms with Gasteiger partial charge in [-0.05, 0) is 46.6 Å². The topological polar surface area (TPSA) is 96.0 Å². The van der Waals surface area contributed by atoms with E-state index in [1.165, 1.54) is 23.5 Å². The molecule has 0 bridgehead atoms. The summed E-state index contributed by atoms with van der Waals surface area (Å²) in [4.78, 5) is 22.9. The van der Waals surface area contributed by atoms with Crippen molar-refractivity contribution in [2.45, 2.75) is 6.92 Å². The van der Waals surface area contributed by atoms with E-state index < -0.39 is 10.8 Å². The molecule has 1 heterocycles. The lowest BCUT2D eigenvalue weighted by Crippen LogP contribution is -2.11. The fraction of sp³-hybridized carbons (Fsp3) is 0.0769. The third-order valence-electron chi connectivity index (χ3n) is 2.65. The summed E-state index contributed by atoms with van der Waals surface area (Å²) in [5, 5.41) is 22.3. The second-order valence-corrected chi connectivity index (χ2v) is 6.49. The summed E-state index contributed by atoms with van der Waals surface area (Å²) in [6.07, 6.45) is 0. The molecule has 0 unspecified atom stereocenters. The van der Waals surface area contributed by atoms with Gasteiger partial charge in [-0.1, -0.05) is 0 Å². The number of carbonyl (C=O) groups is 1. The molecule has 0 spiro atoms. The maximum absolute atomic E-state index is 12.1. The van der Waals surface area contributed by atoms with Gasteiger partial charge in [0.1, 0.15) is 5.69 Å². The first-order chi connectivity index (χ1) is 9.92. The lowest BCUT2D eigenvalue weighted by atomic mass is 10.2. The van der Waals surface area contributed by atoms with Crippen LogP contribution in [0.3, 0.4) is 0 Å². The number of carbonyl (C=O) groups excluding carboxylic acids is 1. The van der Waals surface area contributed by atoms with Gasteiger partial charge >= 0.3 is 0 Å². The van der Waals surface area contributed by atoms with Crippen LogP contribution in [0.25, 0.3) is 0 Å². The molecule has 8 heteroatoms. The summed E-state index contributed by atoms with van der Waals surface area (Å²) < 4.78 is 0.835. The van der Waals surface area contributed by atoms with Gasteiger partial charge in [-0.2, -0.15) is 5.26 Å². The lowest BCUT2D eigenvalue weighted by molar-refractivity contribution is -0.383. The minimum Gasteiger partial charge on any atom is -0.316 e. The number of nitro groups is 1. The number of hydrogen-bond acceptors (Lipinski definition) is 5. The van der Waals surface area contributed by atoms with Gasteiger partial charge in [0, 0.05) is 6.07 Å². The SMILES string of the molecule is Cc1cc(C(=O)Nc2ccc(C#N)cc2[N+](=O)[O-])sc1Br. The van der Waals surface area contributed by atoms with E-state index in [4.69, 9.17) is 5.26 Å². The van der Waals surface area contributed by atoms with E-state index >= 15 is 0 Å². The second kappa shape index (κ2) is 6.03. The third kappa shape index (κ3) is 3.26. The van der Waals surface area contributed by atoms with Crippen molar-refractivity contribution >= 4 is 44.5 Å². The maximum atomic E-state index is 12.1. The van der Waals surface area contributed by atoms with Gasteiger partial charge in [0.25, 0.3) is 11.6 Å². The van der Waals surface area contributed by atoms with E-state index in [-0.39, 0.29) is 16.9 Å². The smallest absolute Gasteiger partial charge is 0.294 e. The molecule has 1 aromatic heterocycles. The summed E-state index contributed by atoms with van der Waals surface area (Å²) in [7, 11) is 0. The molecular weight excluding hydrogens is 358 g/mol. The Bertz CT molecular complexity index is 760. The molecule has 21 heavy (non-hydrogen) atoms. The first kappa shape index (κ1) is 15.2. The number of nitriles is 1. The molecule has 0 aliphatic rings. The van der Waals surface area contributed by atoms with Crippen LogP contribution in [-0.2, 0) is 0 Å². The summed E-state index contributed by atoms with van der Waals surface area (Å²) in [6.45, 7) is 1.85. The van der Waals surface area contributed by atoms with Crippen LogP contribution in [0, 0.1) is 28.4 Å². The number of hydrogen-bond donors (Lipinski definition) is 1. The summed E-state index contributed by atoms with van der Waals surface area (Å²) in [5.41, 5.74) is 0.829. The minimum atomic E-state index is -0.633. The quantitative estimate of drug-likeness (QED) is 0.659. The highest BCUT2D eigenvalue weighted by Crippen LogP contribution is 2.30. The Morgan fingerprint density at radius 3 is 2.71 bits per heavy atom. The van der Waals surface area contributed by atoms with Crippen molar-refractivity contribution < 1.29 is 9.72 Å². The molecule has 0 aliphatic carbocycles. The van der Waals surface area contributed by atoms with Crippen LogP contribution in [0.15, 0.2) is 28.1 Å². The average Bonchev–Trinajstić information content (AvgIpc) is 2.79. The maximum Gasteiger partial charge on any atom is 0.294 e. The largest absolute Gasteiger partial charge is 0.316 e. The van der Waals surface area contributed by atoms with Gasteiger partial charge in [-0.25, -0.2) is 0 Å². The molecular formula is C13H8BrN3O3S. The zero-order chi connectivity index (χ0) is 15.6. The van der Waals surface area contributed by atoms with Crippen molar-refractivity contribution in [3.8, 4) is 6.07 Å². The highest BCUT2D eigenvalue weighted by atomic mass is 79.9. The van der Waals surface area contributed by atoms with E-state index in [2.05, 4.69) is 21.2 Å². The molecule has 2 rings (SSSR count). The van der Waals surface area contributed by atoms with Crippen LogP contribution in [-0.4, -0.2) is 10.8 Å². The monoisotopic (exact) mass is 365 g/mol. The number of anilines is 1. The van der Waals surface area contributed by atoms with E-state index in [1.54, 1.807) is 6.07 Å². The van der Waals surface area contributed by atoms with Crippen molar-refractivity contribution in [1.29, 1.82) is 5.26 Å². The van der Waals surface area contributed by atoms with Crippen LogP contribution < -0.4 is 5.32 Å². The number of halogens is 1. The minimum absolute atomic E-state index is 0.0613. The van der Waals surface area contributed by atoms with Gasteiger partial charge < -0.3 is 5.32 Å². The molecule has 106 valence electrons. The van der Waals surface area contributed by atoms with Crippen molar-refractivity contribution in [3.05, 3.63) is 54.2 Å². The summed E-state index contributed by atoms with van der Waals surface area (Å²) in [5.74, 6) is -0.429. The average molecular weight is 366 g/mol. The molecule has 0 aliphatic heterocycles. The third-order valence-corrected chi connectivity index (χ3v) is 4.79. The molecule has 0 saturated heterocycles. The number of aryl methyl sites for hydroxylation is 1. The number of benzene rings is 1. The molecule has 0 radical (unpaired) electrons. The van der Waals surface area contributed by atoms with Gasteiger partial charge in [0.15, 0.2) is 0 Å². The number of thiophene rings is 1. The molecule has 1 aromatic carbocycles. The fourth-order valence-electron chi connectivity index (χ4n) is 1.61. The predicted octanol–water partition coefficient (Wildman–Crippen LogP) is 3.85. The van der Waals surface area contributed by atoms with Crippen LogP contribution in [0.2, 0.25) is 0 Å². The molecule has 0 atom stereocenters. The van der Waals surface area contributed by atoms with E-state index in [1.807, 2.05) is 13.0 Å². The van der Waals surface area contributed by atoms with E-state index in [0.29, 0.717) is 4.88 Å². The first-order valence-electron chi connectivity index (χ1n) is 5.68. The Kier molecular flexibility index (Phi) is 4.35. The van der Waals surface area contributed by atoms with Crippen molar-refractivity contribution in [1.82, 2.24) is 0 Å². The number of nitrogens with one attached hydrogen (secondary N) is 1. The Hall–Kier alpha value is -2.24. The van der Waals surface area contributed by atoms with Gasteiger partial charge in [0.2, 0.25) is 0 Å². The van der Waals surface area contributed by atoms with Crippen molar-refractivity contribution in [2.24, 2.45) is 0 Å². The zero-order valence-electron chi connectivity index (χ0n) is 10.7. The molecule has 2 aromatic rings. The normalized spacial score (nSPS) is 9.95. The van der Waals surface area contributed by atoms with E-state index in [0.717, 1.165) is 15.4 Å². The fourth-order valence-corrected chi connectivity index (χ4v) is 3.04. The van der Waals surface area contributed by atoms with Gasteiger partial charge in [-0.3, -0.25) is 14.9 Å².